The quantitative estimate of drug-likeness (QED) is 0.0854. The Morgan fingerprint density at radius 3 is 2.23 bits per heavy atom. The molecule has 0 saturated heterocycles. The average Bonchev–Trinajstić information content (AvgIpc) is 3.03. The Morgan fingerprint density at radius 2 is 1.61 bits per heavy atom. The zero-order valence-corrected chi connectivity index (χ0v) is 23.2. The molecule has 0 unspecified atom stereocenters. The molecule has 44 heavy (non-hydrogen) atoms. The molecule has 2 aromatic rings. The second-order valence-electron chi connectivity index (χ2n) is 9.91. The maximum absolute atomic E-state index is 13.5. The minimum atomic E-state index is -5.40. The van der Waals surface area contributed by atoms with Crippen LogP contribution in [0.1, 0.15) is 52.7 Å². The maximum atomic E-state index is 13.5. The number of carbonyl (C=O) groups excluding carboxylic acids is 4. The second-order valence-corrected chi connectivity index (χ2v) is 9.91. The van der Waals surface area contributed by atoms with Crippen molar-refractivity contribution in [3.63, 3.8) is 0 Å². The van der Waals surface area contributed by atoms with Crippen molar-refractivity contribution >= 4 is 35.4 Å². The van der Waals surface area contributed by atoms with Gasteiger partial charge in [0.05, 0.1) is 29.8 Å². The number of hydrogen-bond donors (Lipinski definition) is 3. The number of rotatable bonds is 11. The lowest BCUT2D eigenvalue weighted by Gasteiger charge is -2.23. The Balaban J connectivity index is 1.83. The third-order valence-electron chi connectivity index (χ3n) is 6.60. The molecule has 1 aliphatic heterocycles. The molecular weight excluding hydrogens is 600 g/mol. The maximum Gasteiger partial charge on any atom is 0.491 e. The van der Waals surface area contributed by atoms with Crippen molar-refractivity contribution in [2.45, 2.75) is 51.0 Å². The van der Waals surface area contributed by atoms with Gasteiger partial charge in [-0.1, -0.05) is 24.6 Å². The van der Waals surface area contributed by atoms with Crippen LogP contribution >= 0.6 is 0 Å². The van der Waals surface area contributed by atoms with Gasteiger partial charge in [-0.2, -0.15) is 26.3 Å². The Morgan fingerprint density at radius 1 is 0.955 bits per heavy atom. The van der Waals surface area contributed by atoms with E-state index in [0.717, 1.165) is 35.4 Å². The smallest absolute Gasteiger partial charge is 0.386 e. The predicted molar refractivity (Wildman–Crippen MR) is 144 cm³/mol. The monoisotopic (exact) mass is 629 g/mol. The van der Waals surface area contributed by atoms with Crippen molar-refractivity contribution < 1.29 is 50.3 Å². The largest absolute Gasteiger partial charge is 0.491 e. The van der Waals surface area contributed by atoms with Gasteiger partial charge in [0.15, 0.2) is 5.96 Å². The highest BCUT2D eigenvalue weighted by Crippen LogP contribution is 2.32. The summed E-state index contributed by atoms with van der Waals surface area (Å²) in [5.74, 6) is -5.79. The molecule has 0 radical (unpaired) electrons. The van der Waals surface area contributed by atoms with Gasteiger partial charge in [-0.3, -0.25) is 19.8 Å². The summed E-state index contributed by atoms with van der Waals surface area (Å²) < 4.78 is 80.2. The van der Waals surface area contributed by atoms with Gasteiger partial charge in [0, 0.05) is 13.1 Å². The van der Waals surface area contributed by atoms with Gasteiger partial charge in [-0.05, 0) is 54.7 Å². The molecule has 10 nitrogen and oxygen atoms in total. The molecule has 0 spiro atoms. The summed E-state index contributed by atoms with van der Waals surface area (Å²) in [6, 6.07) is 8.89. The molecule has 1 heterocycles. The number of nitrogens with zero attached hydrogens (tertiary/aromatic N) is 2. The zero-order valence-electron chi connectivity index (χ0n) is 23.2. The van der Waals surface area contributed by atoms with Gasteiger partial charge in [-0.25, -0.2) is 4.79 Å². The van der Waals surface area contributed by atoms with E-state index in [2.05, 4.69) is 10.1 Å². The Labute approximate surface area is 247 Å². The van der Waals surface area contributed by atoms with Crippen molar-refractivity contribution in [2.24, 2.45) is 5.73 Å². The third kappa shape index (κ3) is 9.44. The summed E-state index contributed by atoms with van der Waals surface area (Å²) in [6.45, 7) is -0.844. The van der Waals surface area contributed by atoms with Gasteiger partial charge in [-0.15, -0.1) is 0 Å². The van der Waals surface area contributed by atoms with E-state index in [4.69, 9.17) is 11.1 Å². The number of amides is 2. The van der Waals surface area contributed by atoms with Crippen LogP contribution in [0.25, 0.3) is 0 Å². The number of halogens is 6. The van der Waals surface area contributed by atoms with Crippen molar-refractivity contribution in [1.29, 1.82) is 5.41 Å². The fraction of sp³-hybridized carbons (Fsp3) is 0.393. The van der Waals surface area contributed by atoms with E-state index >= 15 is 0 Å². The number of nitrogens with one attached hydrogen (secondary N) is 2. The number of hydrogen-bond acceptors (Lipinski definition) is 6. The van der Waals surface area contributed by atoms with E-state index in [9.17, 15) is 45.5 Å². The standard InChI is InChI=1S/C28H29F6N5O5/c29-27(30,31)19-8-5-18(6-9-19)15-39-21-10-7-17(4-2-1-3-12-37-26(35)36)14-20(21)24(42)38(16-22(39)40)13-11-23(41)44-25(43)28(32,33)34/h5-10,14H,1-4,11-13,15-16H2,(H4,35,36,37). The first kappa shape index (κ1) is 33.9. The third-order valence-corrected chi connectivity index (χ3v) is 6.60. The first-order valence-corrected chi connectivity index (χ1v) is 13.3. The molecule has 2 amide bonds. The van der Waals surface area contributed by atoms with Crippen LogP contribution in [0.2, 0.25) is 0 Å². The number of carbonyl (C=O) groups is 4. The number of esters is 2. The summed E-state index contributed by atoms with van der Waals surface area (Å²) in [7, 11) is 0. The molecule has 238 valence electrons. The van der Waals surface area contributed by atoms with E-state index in [-0.39, 0.29) is 23.8 Å². The van der Waals surface area contributed by atoms with E-state index in [1.165, 1.54) is 23.1 Å². The fourth-order valence-electron chi connectivity index (χ4n) is 4.40. The number of guanidine groups is 1. The lowest BCUT2D eigenvalue weighted by molar-refractivity contribution is -0.201. The number of alkyl halides is 6. The van der Waals surface area contributed by atoms with Crippen LogP contribution in [-0.2, 0) is 38.3 Å². The minimum Gasteiger partial charge on any atom is -0.386 e. The van der Waals surface area contributed by atoms with Crippen molar-refractivity contribution in [3.8, 4) is 0 Å². The van der Waals surface area contributed by atoms with Crippen LogP contribution in [0, 0.1) is 5.41 Å². The van der Waals surface area contributed by atoms with Gasteiger partial charge in [0.25, 0.3) is 5.91 Å². The fourth-order valence-corrected chi connectivity index (χ4v) is 4.40. The summed E-state index contributed by atoms with van der Waals surface area (Å²) in [6.07, 6.45) is -8.08. The lowest BCUT2D eigenvalue weighted by atomic mass is 10.0. The summed E-state index contributed by atoms with van der Waals surface area (Å²) in [5.41, 5.74) is 5.61. The molecule has 0 bridgehead atoms. The summed E-state index contributed by atoms with van der Waals surface area (Å²) in [4.78, 5) is 51.9. The molecule has 0 fully saturated rings. The Bertz CT molecular complexity index is 1390. The molecule has 1 aliphatic rings. The second kappa shape index (κ2) is 14.2. The van der Waals surface area contributed by atoms with E-state index in [0.29, 0.717) is 24.9 Å². The predicted octanol–water partition coefficient (Wildman–Crippen LogP) is 3.91. The molecule has 16 heteroatoms. The number of ether oxygens (including phenoxy) is 1. The molecule has 0 aromatic heterocycles. The minimum absolute atomic E-state index is 0.0400. The van der Waals surface area contributed by atoms with E-state index < -0.39 is 61.2 Å². The summed E-state index contributed by atoms with van der Waals surface area (Å²) in [5, 5.41) is 9.86. The first-order valence-electron chi connectivity index (χ1n) is 13.3. The molecule has 0 aliphatic carbocycles. The van der Waals surface area contributed by atoms with E-state index in [1.54, 1.807) is 12.1 Å². The van der Waals surface area contributed by atoms with E-state index in [1.807, 2.05) is 0 Å². The molecule has 4 N–H and O–H groups in total. The Kier molecular flexibility index (Phi) is 11.0. The van der Waals surface area contributed by atoms with Crippen molar-refractivity contribution in [3.05, 3.63) is 64.7 Å². The first-order chi connectivity index (χ1) is 20.6. The van der Waals surface area contributed by atoms with Gasteiger partial charge >= 0.3 is 24.3 Å². The van der Waals surface area contributed by atoms with Crippen LogP contribution < -0.4 is 16.0 Å². The highest BCUT2D eigenvalue weighted by Gasteiger charge is 2.42. The zero-order chi connectivity index (χ0) is 32.7. The molecule has 2 aromatic carbocycles. The van der Waals surface area contributed by atoms with Gasteiger partial charge in [0.1, 0.15) is 6.54 Å². The molecule has 0 atom stereocenters. The van der Waals surface area contributed by atoms with Crippen LogP contribution in [0.3, 0.4) is 0 Å². The van der Waals surface area contributed by atoms with Crippen LogP contribution in [0.4, 0.5) is 32.0 Å². The van der Waals surface area contributed by atoms with Gasteiger partial charge in [0.2, 0.25) is 5.91 Å². The van der Waals surface area contributed by atoms with Crippen LogP contribution in [0.5, 0.6) is 0 Å². The molecular formula is C28H29F6N5O5. The normalized spacial score (nSPS) is 13.8. The van der Waals surface area contributed by atoms with Crippen LogP contribution in [0.15, 0.2) is 42.5 Å². The topological polar surface area (TPSA) is 146 Å². The number of benzene rings is 2. The van der Waals surface area contributed by atoms with Gasteiger partial charge < -0.3 is 25.6 Å². The van der Waals surface area contributed by atoms with Crippen molar-refractivity contribution in [2.75, 3.05) is 24.5 Å². The number of aryl methyl sites for hydroxylation is 1. The SMILES string of the molecule is N=C(N)NCCCCCc1ccc2c(c1)C(=O)N(CCC(=O)OC(=O)C(F)(F)F)CC(=O)N2Cc1ccc(C(F)(F)F)cc1. The lowest BCUT2D eigenvalue weighted by Crippen LogP contribution is -2.40. The molecule has 3 rings (SSSR count). The number of anilines is 1. The highest BCUT2D eigenvalue weighted by molar-refractivity contribution is 6.09. The number of unbranched alkanes of at least 4 members (excludes halogenated alkanes) is 2. The average molecular weight is 630 g/mol. The number of nitrogens with two attached hydrogens (primary N) is 1. The molecule has 0 saturated carbocycles. The van der Waals surface area contributed by atoms with Crippen LogP contribution in [-0.4, -0.2) is 60.4 Å². The Hall–Kier alpha value is -4.63. The summed E-state index contributed by atoms with van der Waals surface area (Å²) >= 11 is 0. The van der Waals surface area contributed by atoms with Crippen molar-refractivity contribution in [1.82, 2.24) is 10.2 Å². The number of fused-ring (bicyclic) bond motifs is 1. The highest BCUT2D eigenvalue weighted by atomic mass is 19.4.